The number of likely N-dealkylation sites (tertiary alicyclic amines) is 1. The normalized spacial score (nSPS) is 14.6. The van der Waals surface area contributed by atoms with Gasteiger partial charge < -0.3 is 30.0 Å². The van der Waals surface area contributed by atoms with Crippen LogP contribution in [0.3, 0.4) is 0 Å². The van der Waals surface area contributed by atoms with Crippen molar-refractivity contribution >= 4 is 47.0 Å². The van der Waals surface area contributed by atoms with Crippen molar-refractivity contribution in [2.75, 3.05) is 25.0 Å². The number of aromatic amines is 1. The molecule has 242 valence electrons. The fourth-order valence-electron chi connectivity index (χ4n) is 5.01. The second-order valence-electron chi connectivity index (χ2n) is 12.5. The number of amides is 2. The first-order chi connectivity index (χ1) is 21.3. The maximum absolute atomic E-state index is 13.4. The van der Waals surface area contributed by atoms with Crippen molar-refractivity contribution < 1.29 is 23.9 Å². The van der Waals surface area contributed by atoms with Gasteiger partial charge >= 0.3 is 12.1 Å². The predicted molar refractivity (Wildman–Crippen MR) is 176 cm³/mol. The lowest BCUT2D eigenvalue weighted by Crippen LogP contribution is -2.42. The van der Waals surface area contributed by atoms with E-state index in [2.05, 4.69) is 20.6 Å². The molecule has 0 aliphatic carbocycles. The van der Waals surface area contributed by atoms with Gasteiger partial charge in [0, 0.05) is 54.1 Å². The Labute approximate surface area is 274 Å². The number of halogens is 2. The Balaban J connectivity index is 1.38. The van der Waals surface area contributed by atoms with Crippen LogP contribution in [0.2, 0.25) is 10.0 Å². The number of esters is 1. The summed E-state index contributed by atoms with van der Waals surface area (Å²) in [4.78, 5) is 47.6. The number of piperidine rings is 1. The molecule has 1 aromatic carbocycles. The zero-order valence-corrected chi connectivity index (χ0v) is 27.8. The van der Waals surface area contributed by atoms with Crippen LogP contribution in [0.25, 0.3) is 11.1 Å². The highest BCUT2D eigenvalue weighted by Crippen LogP contribution is 2.30. The average Bonchev–Trinajstić information content (AvgIpc) is 3.46. The zero-order valence-electron chi connectivity index (χ0n) is 26.3. The number of anilines is 1. The summed E-state index contributed by atoms with van der Waals surface area (Å²) >= 11 is 12.7. The van der Waals surface area contributed by atoms with E-state index in [1.807, 2.05) is 46.8 Å². The predicted octanol–water partition coefficient (Wildman–Crippen LogP) is 7.26. The molecule has 1 unspecified atom stereocenters. The molecule has 0 bridgehead atoms. The fourth-order valence-corrected chi connectivity index (χ4v) is 5.42. The lowest BCUT2D eigenvalue weighted by Gasteiger charge is -2.33. The molecule has 0 saturated carbocycles. The number of hydrogen-bond acceptors (Lipinski definition) is 7. The Kier molecular flexibility index (Phi) is 11.4. The third kappa shape index (κ3) is 10.1. The number of aromatic nitrogens is 2. The van der Waals surface area contributed by atoms with E-state index < -0.39 is 11.6 Å². The highest BCUT2D eigenvalue weighted by atomic mass is 35.5. The Bertz CT molecular complexity index is 1490. The summed E-state index contributed by atoms with van der Waals surface area (Å²) in [5.74, 6) is 0.00632. The number of benzene rings is 1. The quantitative estimate of drug-likeness (QED) is 0.196. The van der Waals surface area contributed by atoms with Gasteiger partial charge in [-0.3, -0.25) is 9.59 Å². The van der Waals surface area contributed by atoms with Crippen LogP contribution in [-0.4, -0.2) is 64.2 Å². The summed E-state index contributed by atoms with van der Waals surface area (Å²) in [6, 6.07) is 10.1. The van der Waals surface area contributed by atoms with Crippen molar-refractivity contribution in [3.63, 3.8) is 0 Å². The number of carbonyl (C=O) groups is 3. The van der Waals surface area contributed by atoms with Gasteiger partial charge in [0.05, 0.1) is 11.1 Å². The van der Waals surface area contributed by atoms with Crippen LogP contribution in [0.5, 0.6) is 0 Å². The second kappa shape index (κ2) is 15.0. The minimum absolute atomic E-state index is 0.0738. The Hall–Kier alpha value is -3.76. The molecule has 3 aromatic rings. The van der Waals surface area contributed by atoms with E-state index in [0.29, 0.717) is 53.1 Å². The summed E-state index contributed by atoms with van der Waals surface area (Å²) in [6.07, 6.45) is 4.51. The molecule has 3 heterocycles. The van der Waals surface area contributed by atoms with Gasteiger partial charge in [0.15, 0.2) is 0 Å². The molecule has 0 radical (unpaired) electrons. The molecule has 4 rings (SSSR count). The van der Waals surface area contributed by atoms with Crippen LogP contribution < -0.4 is 10.6 Å². The van der Waals surface area contributed by atoms with E-state index in [0.717, 1.165) is 11.1 Å². The molecular formula is C33H41Cl2N5O5. The van der Waals surface area contributed by atoms with Crippen LogP contribution in [0.15, 0.2) is 48.8 Å². The zero-order chi connectivity index (χ0) is 32.7. The molecular weight excluding hydrogens is 617 g/mol. The molecule has 3 N–H and O–H groups in total. The summed E-state index contributed by atoms with van der Waals surface area (Å²) in [5, 5.41) is 7.17. The minimum Gasteiger partial charge on any atom is -0.463 e. The lowest BCUT2D eigenvalue weighted by atomic mass is 9.94. The molecule has 2 aromatic heterocycles. The van der Waals surface area contributed by atoms with Crippen LogP contribution in [0.1, 0.15) is 76.0 Å². The van der Waals surface area contributed by atoms with E-state index in [-0.39, 0.29) is 43.0 Å². The smallest absolute Gasteiger partial charge is 0.410 e. The highest BCUT2D eigenvalue weighted by molar-refractivity contribution is 6.33. The highest BCUT2D eigenvalue weighted by Gasteiger charge is 2.28. The van der Waals surface area contributed by atoms with E-state index in [1.54, 1.807) is 41.6 Å². The number of rotatable bonds is 10. The van der Waals surface area contributed by atoms with E-state index in [9.17, 15) is 14.4 Å². The molecule has 1 saturated heterocycles. The van der Waals surface area contributed by atoms with Crippen molar-refractivity contribution in [3.05, 3.63) is 70.1 Å². The molecule has 0 spiro atoms. The summed E-state index contributed by atoms with van der Waals surface area (Å²) in [5.41, 5.74) is 1.90. The van der Waals surface area contributed by atoms with Crippen LogP contribution in [0, 0.1) is 5.92 Å². The maximum Gasteiger partial charge on any atom is 0.410 e. The van der Waals surface area contributed by atoms with E-state index >= 15 is 0 Å². The lowest BCUT2D eigenvalue weighted by molar-refractivity contribution is -0.145. The SMILES string of the molecule is CC(C)Nc1cc(-c2c[nH]c(C(=O)NC(COC(=O)CC3CCN(C(=O)OC(C)(C)C)CC3)c3cccc(Cl)c3)c2)c(Cl)cn1. The van der Waals surface area contributed by atoms with Gasteiger partial charge in [0.2, 0.25) is 0 Å². The first kappa shape index (κ1) is 34.1. The maximum atomic E-state index is 13.4. The van der Waals surface area contributed by atoms with Crippen LogP contribution in [-0.2, 0) is 14.3 Å². The molecule has 2 amide bonds. The molecule has 12 heteroatoms. The molecule has 1 fully saturated rings. The summed E-state index contributed by atoms with van der Waals surface area (Å²) in [7, 11) is 0. The Morgan fingerprint density at radius 1 is 1.11 bits per heavy atom. The van der Waals surface area contributed by atoms with Crippen molar-refractivity contribution in [1.82, 2.24) is 20.2 Å². The largest absolute Gasteiger partial charge is 0.463 e. The molecule has 45 heavy (non-hydrogen) atoms. The molecule has 1 aliphatic heterocycles. The standard InChI is InChI=1S/C33H41Cl2N5O5/c1-20(2)38-29-16-25(26(35)18-37-29)23-15-27(36-17-23)31(42)39-28(22-7-6-8-24(34)14-22)19-44-30(41)13-21-9-11-40(12-10-21)32(43)45-33(3,4)5/h6-8,14-18,20-21,28,36H,9-13,19H2,1-5H3,(H,37,38)(H,39,42). The van der Waals surface area contributed by atoms with Crippen LogP contribution in [0.4, 0.5) is 10.6 Å². The fraction of sp³-hybridized carbons (Fsp3) is 0.455. The monoisotopic (exact) mass is 657 g/mol. The van der Waals surface area contributed by atoms with Gasteiger partial charge in [-0.2, -0.15) is 0 Å². The Morgan fingerprint density at radius 3 is 2.51 bits per heavy atom. The van der Waals surface area contributed by atoms with E-state index in [1.165, 1.54) is 0 Å². The van der Waals surface area contributed by atoms with Crippen molar-refractivity contribution in [2.45, 2.75) is 71.6 Å². The van der Waals surface area contributed by atoms with Gasteiger partial charge in [0.1, 0.15) is 23.7 Å². The number of hydrogen-bond donors (Lipinski definition) is 3. The number of nitrogens with zero attached hydrogens (tertiary/aromatic N) is 2. The van der Waals surface area contributed by atoms with E-state index in [4.69, 9.17) is 32.7 Å². The summed E-state index contributed by atoms with van der Waals surface area (Å²) < 4.78 is 11.1. The van der Waals surface area contributed by atoms with Crippen molar-refractivity contribution in [1.29, 1.82) is 0 Å². The second-order valence-corrected chi connectivity index (χ2v) is 13.4. The van der Waals surface area contributed by atoms with Gasteiger partial charge in [-0.15, -0.1) is 0 Å². The number of pyridine rings is 1. The van der Waals surface area contributed by atoms with Gasteiger partial charge in [-0.25, -0.2) is 9.78 Å². The third-order valence-corrected chi connectivity index (χ3v) is 7.76. The van der Waals surface area contributed by atoms with Gasteiger partial charge in [-0.05, 0) is 83.2 Å². The minimum atomic E-state index is -0.646. The molecule has 1 atom stereocenters. The number of ether oxygens (including phenoxy) is 2. The topological polar surface area (TPSA) is 126 Å². The number of nitrogens with one attached hydrogen (secondary N) is 3. The first-order valence-electron chi connectivity index (χ1n) is 15.1. The van der Waals surface area contributed by atoms with Gasteiger partial charge in [0.25, 0.3) is 5.91 Å². The number of H-pyrrole nitrogens is 1. The number of carbonyl (C=O) groups excluding carboxylic acids is 3. The first-order valence-corrected chi connectivity index (χ1v) is 15.8. The molecule has 1 aliphatic rings. The average molecular weight is 659 g/mol. The Morgan fingerprint density at radius 2 is 1.84 bits per heavy atom. The van der Waals surface area contributed by atoms with Crippen LogP contribution >= 0.6 is 23.2 Å². The molecule has 10 nitrogen and oxygen atoms in total. The third-order valence-electron chi connectivity index (χ3n) is 7.22. The van der Waals surface area contributed by atoms with Crippen molar-refractivity contribution in [2.24, 2.45) is 5.92 Å². The summed E-state index contributed by atoms with van der Waals surface area (Å²) in [6.45, 7) is 10.5. The van der Waals surface area contributed by atoms with Gasteiger partial charge in [-0.1, -0.05) is 35.3 Å². The van der Waals surface area contributed by atoms with Crippen molar-refractivity contribution in [3.8, 4) is 11.1 Å².